The molecule has 7 nitrogen and oxygen atoms in total. The summed E-state index contributed by atoms with van der Waals surface area (Å²) >= 11 is 0. The van der Waals surface area contributed by atoms with E-state index in [-0.39, 0.29) is 0 Å². The van der Waals surface area contributed by atoms with Gasteiger partial charge >= 0.3 is 0 Å². The molecule has 2 rings (SSSR count). The second-order valence-electron chi connectivity index (χ2n) is 3.75. The van der Waals surface area contributed by atoms with E-state index >= 15 is 0 Å². The Kier molecular flexibility index (Phi) is 3.81. The molecule has 0 amide bonds. The van der Waals surface area contributed by atoms with Crippen LogP contribution in [0, 0.1) is 0 Å². The standard InChI is InChI=1S/C10H17N7/c1-3-17-10(12-7-14-17)6-11-5-4-9-13-8-16(2)15-9/h7-8,11H,3-6H2,1-2H3. The molecular formula is C10H17N7. The van der Waals surface area contributed by atoms with Gasteiger partial charge in [0.1, 0.15) is 18.5 Å². The summed E-state index contributed by atoms with van der Waals surface area (Å²) in [7, 11) is 1.87. The minimum atomic E-state index is 0.723. The van der Waals surface area contributed by atoms with Gasteiger partial charge in [-0.2, -0.15) is 10.2 Å². The van der Waals surface area contributed by atoms with Crippen molar-refractivity contribution in [2.75, 3.05) is 6.54 Å². The second-order valence-corrected chi connectivity index (χ2v) is 3.75. The molecular weight excluding hydrogens is 218 g/mol. The summed E-state index contributed by atoms with van der Waals surface area (Å²) < 4.78 is 3.59. The zero-order valence-electron chi connectivity index (χ0n) is 10.2. The molecule has 7 heteroatoms. The van der Waals surface area contributed by atoms with Crippen LogP contribution in [0.3, 0.4) is 0 Å². The molecule has 2 aromatic rings. The second kappa shape index (κ2) is 5.53. The van der Waals surface area contributed by atoms with Crippen LogP contribution in [0.15, 0.2) is 12.7 Å². The van der Waals surface area contributed by atoms with Crippen LogP contribution in [0.2, 0.25) is 0 Å². The lowest BCUT2D eigenvalue weighted by atomic mass is 10.4. The average molecular weight is 235 g/mol. The van der Waals surface area contributed by atoms with Gasteiger partial charge in [0, 0.05) is 26.6 Å². The maximum absolute atomic E-state index is 4.21. The summed E-state index contributed by atoms with van der Waals surface area (Å²) in [5.41, 5.74) is 0. The van der Waals surface area contributed by atoms with Gasteiger partial charge in [0.2, 0.25) is 0 Å². The Hall–Kier alpha value is -1.76. The number of aromatic nitrogens is 6. The van der Waals surface area contributed by atoms with Crippen molar-refractivity contribution >= 4 is 0 Å². The fourth-order valence-corrected chi connectivity index (χ4v) is 1.59. The molecule has 1 N–H and O–H groups in total. The largest absolute Gasteiger partial charge is 0.309 e. The number of nitrogens with zero attached hydrogens (tertiary/aromatic N) is 6. The van der Waals surface area contributed by atoms with Gasteiger partial charge < -0.3 is 5.32 Å². The molecule has 0 saturated carbocycles. The van der Waals surface area contributed by atoms with Crippen molar-refractivity contribution < 1.29 is 0 Å². The number of hydrogen-bond acceptors (Lipinski definition) is 5. The van der Waals surface area contributed by atoms with E-state index in [4.69, 9.17) is 0 Å². The van der Waals surface area contributed by atoms with Gasteiger partial charge in [-0.05, 0) is 6.92 Å². The Labute approximate surface area is 99.9 Å². The number of hydrogen-bond donors (Lipinski definition) is 1. The van der Waals surface area contributed by atoms with Crippen molar-refractivity contribution in [3.05, 3.63) is 24.3 Å². The highest BCUT2D eigenvalue weighted by atomic mass is 15.3. The third-order valence-electron chi connectivity index (χ3n) is 2.45. The summed E-state index contributed by atoms with van der Waals surface area (Å²) in [5, 5.41) is 11.6. The summed E-state index contributed by atoms with van der Waals surface area (Å²) in [6.07, 6.45) is 4.12. The Morgan fingerprint density at radius 2 is 2.24 bits per heavy atom. The van der Waals surface area contributed by atoms with Gasteiger partial charge in [-0.3, -0.25) is 4.68 Å². The molecule has 0 fully saturated rings. The fourth-order valence-electron chi connectivity index (χ4n) is 1.59. The van der Waals surface area contributed by atoms with E-state index in [1.807, 2.05) is 11.7 Å². The smallest absolute Gasteiger partial charge is 0.151 e. The summed E-state index contributed by atoms with van der Waals surface area (Å²) in [6.45, 7) is 4.45. The van der Waals surface area contributed by atoms with E-state index in [1.54, 1.807) is 17.3 Å². The third kappa shape index (κ3) is 3.10. The van der Waals surface area contributed by atoms with Crippen molar-refractivity contribution in [1.29, 1.82) is 0 Å². The molecule has 2 heterocycles. The van der Waals surface area contributed by atoms with Crippen LogP contribution < -0.4 is 5.32 Å². The van der Waals surface area contributed by atoms with Gasteiger partial charge in [0.15, 0.2) is 5.82 Å². The lowest BCUT2D eigenvalue weighted by molar-refractivity contribution is 0.569. The van der Waals surface area contributed by atoms with E-state index in [9.17, 15) is 0 Å². The van der Waals surface area contributed by atoms with Crippen LogP contribution in [-0.2, 0) is 26.6 Å². The molecule has 0 unspecified atom stereocenters. The van der Waals surface area contributed by atoms with Crippen LogP contribution in [0.4, 0.5) is 0 Å². The highest BCUT2D eigenvalue weighted by Crippen LogP contribution is 1.93. The molecule has 0 radical (unpaired) electrons. The first-order valence-corrected chi connectivity index (χ1v) is 5.71. The summed E-state index contributed by atoms with van der Waals surface area (Å²) in [5.74, 6) is 1.82. The minimum Gasteiger partial charge on any atom is -0.309 e. The molecule has 0 aliphatic carbocycles. The third-order valence-corrected chi connectivity index (χ3v) is 2.45. The van der Waals surface area contributed by atoms with E-state index < -0.39 is 0 Å². The van der Waals surface area contributed by atoms with E-state index in [1.165, 1.54) is 0 Å². The Morgan fingerprint density at radius 3 is 2.94 bits per heavy atom. The van der Waals surface area contributed by atoms with Crippen LogP contribution >= 0.6 is 0 Å². The van der Waals surface area contributed by atoms with Crippen LogP contribution in [-0.4, -0.2) is 36.1 Å². The SMILES string of the molecule is CCn1ncnc1CNCCc1ncn(C)n1. The van der Waals surface area contributed by atoms with E-state index in [0.29, 0.717) is 0 Å². The maximum atomic E-state index is 4.21. The van der Waals surface area contributed by atoms with Gasteiger partial charge in [0.25, 0.3) is 0 Å². The highest BCUT2D eigenvalue weighted by Gasteiger charge is 2.02. The van der Waals surface area contributed by atoms with E-state index in [0.717, 1.165) is 37.7 Å². The molecule has 0 bridgehead atoms. The fraction of sp³-hybridized carbons (Fsp3) is 0.600. The predicted octanol–water partition coefficient (Wildman–Crippen LogP) is -0.241. The lowest BCUT2D eigenvalue weighted by Gasteiger charge is -2.03. The van der Waals surface area contributed by atoms with Gasteiger partial charge in [-0.15, -0.1) is 0 Å². The topological polar surface area (TPSA) is 73.5 Å². The van der Waals surface area contributed by atoms with Crippen LogP contribution in [0.1, 0.15) is 18.6 Å². The minimum absolute atomic E-state index is 0.723. The van der Waals surface area contributed by atoms with Gasteiger partial charge in [0.05, 0.1) is 6.54 Å². The first kappa shape index (κ1) is 11.7. The van der Waals surface area contributed by atoms with Crippen molar-refractivity contribution in [2.24, 2.45) is 7.05 Å². The number of rotatable bonds is 6. The van der Waals surface area contributed by atoms with Crippen molar-refractivity contribution in [3.63, 3.8) is 0 Å². The molecule has 0 atom stereocenters. The van der Waals surface area contributed by atoms with Crippen LogP contribution in [0.5, 0.6) is 0 Å². The zero-order chi connectivity index (χ0) is 12.1. The quantitative estimate of drug-likeness (QED) is 0.699. The van der Waals surface area contributed by atoms with Crippen LogP contribution in [0.25, 0.3) is 0 Å². The molecule has 0 aromatic carbocycles. The maximum Gasteiger partial charge on any atom is 0.151 e. The lowest BCUT2D eigenvalue weighted by Crippen LogP contribution is -2.20. The Balaban J connectivity index is 1.73. The van der Waals surface area contributed by atoms with E-state index in [2.05, 4.69) is 32.4 Å². The number of nitrogens with one attached hydrogen (secondary N) is 1. The first-order valence-electron chi connectivity index (χ1n) is 5.71. The number of aryl methyl sites for hydroxylation is 2. The molecule has 17 heavy (non-hydrogen) atoms. The average Bonchev–Trinajstić information content (AvgIpc) is 2.93. The zero-order valence-corrected chi connectivity index (χ0v) is 10.2. The Morgan fingerprint density at radius 1 is 1.35 bits per heavy atom. The summed E-state index contributed by atoms with van der Waals surface area (Å²) in [6, 6.07) is 0. The Bertz CT molecular complexity index is 459. The van der Waals surface area contributed by atoms with Crippen molar-refractivity contribution in [3.8, 4) is 0 Å². The normalized spacial score (nSPS) is 10.9. The molecule has 92 valence electrons. The van der Waals surface area contributed by atoms with Crippen molar-refractivity contribution in [1.82, 2.24) is 34.8 Å². The summed E-state index contributed by atoms with van der Waals surface area (Å²) in [4.78, 5) is 8.35. The highest BCUT2D eigenvalue weighted by molar-refractivity contribution is 4.85. The molecule has 2 aromatic heterocycles. The molecule has 0 aliphatic rings. The molecule has 0 aliphatic heterocycles. The monoisotopic (exact) mass is 235 g/mol. The van der Waals surface area contributed by atoms with Gasteiger partial charge in [-0.25, -0.2) is 14.6 Å². The van der Waals surface area contributed by atoms with Gasteiger partial charge in [-0.1, -0.05) is 0 Å². The van der Waals surface area contributed by atoms with Crippen molar-refractivity contribution in [2.45, 2.75) is 26.4 Å². The predicted molar refractivity (Wildman–Crippen MR) is 62.1 cm³/mol. The first-order chi connectivity index (χ1) is 8.29. The molecule has 0 saturated heterocycles. The molecule has 0 spiro atoms.